The fourth-order valence-corrected chi connectivity index (χ4v) is 2.09. The van der Waals surface area contributed by atoms with E-state index in [1.54, 1.807) is 18.2 Å². The Morgan fingerprint density at radius 1 is 1.06 bits per heavy atom. The summed E-state index contributed by atoms with van der Waals surface area (Å²) in [7, 11) is 0. The van der Waals surface area contributed by atoms with Crippen LogP contribution in [0.2, 0.25) is 5.15 Å². The molecule has 0 radical (unpaired) electrons. The lowest BCUT2D eigenvalue weighted by Crippen LogP contribution is -1.99. The summed E-state index contributed by atoms with van der Waals surface area (Å²) in [4.78, 5) is 4.30. The number of nitrogens with zero attached hydrogens (tertiary/aromatic N) is 2. The molecule has 2 nitrogen and oxygen atoms in total. The quantitative estimate of drug-likeness (QED) is 0.640. The van der Waals surface area contributed by atoms with Crippen molar-refractivity contribution < 1.29 is 4.39 Å². The minimum absolute atomic E-state index is 0.225. The first-order valence-electron chi connectivity index (χ1n) is 5.58. The Hall–Kier alpha value is -1.87. The highest BCUT2D eigenvalue weighted by molar-refractivity contribution is 6.29. The van der Waals surface area contributed by atoms with Crippen LogP contribution in [0.25, 0.3) is 11.0 Å². The van der Waals surface area contributed by atoms with Gasteiger partial charge in [0.15, 0.2) is 0 Å². The van der Waals surface area contributed by atoms with E-state index in [4.69, 9.17) is 11.6 Å². The predicted molar refractivity (Wildman–Crippen MR) is 70.2 cm³/mol. The standard InChI is InChI=1S/C14H10ClFN2/c15-13-6-3-11-7-8-18(14(11)17-13)9-10-1-4-12(16)5-2-10/h1-8H,9H2. The second-order valence-corrected chi connectivity index (χ2v) is 4.50. The molecule has 0 spiro atoms. The highest BCUT2D eigenvalue weighted by Gasteiger charge is 2.04. The van der Waals surface area contributed by atoms with Crippen LogP contribution in [-0.4, -0.2) is 9.55 Å². The highest BCUT2D eigenvalue weighted by Crippen LogP contribution is 2.18. The molecule has 0 aliphatic carbocycles. The molecule has 0 saturated carbocycles. The molecule has 0 atom stereocenters. The second kappa shape index (κ2) is 4.42. The maximum Gasteiger partial charge on any atom is 0.141 e. The lowest BCUT2D eigenvalue weighted by molar-refractivity contribution is 0.626. The van der Waals surface area contributed by atoms with Crippen molar-refractivity contribution in [3.8, 4) is 0 Å². The van der Waals surface area contributed by atoms with Crippen molar-refractivity contribution in [3.63, 3.8) is 0 Å². The number of fused-ring (bicyclic) bond motifs is 1. The molecule has 3 rings (SSSR count). The van der Waals surface area contributed by atoms with Crippen LogP contribution in [0.4, 0.5) is 4.39 Å². The molecule has 3 aromatic rings. The largest absolute Gasteiger partial charge is 0.328 e. The van der Waals surface area contributed by atoms with Crippen molar-refractivity contribution >= 4 is 22.6 Å². The van der Waals surface area contributed by atoms with Gasteiger partial charge in [0, 0.05) is 18.1 Å². The van der Waals surface area contributed by atoms with Crippen molar-refractivity contribution in [2.45, 2.75) is 6.54 Å². The van der Waals surface area contributed by atoms with Crippen LogP contribution < -0.4 is 0 Å². The minimum atomic E-state index is -0.225. The Bertz CT molecular complexity index is 689. The Morgan fingerprint density at radius 3 is 2.61 bits per heavy atom. The van der Waals surface area contributed by atoms with E-state index in [1.165, 1.54) is 12.1 Å². The van der Waals surface area contributed by atoms with Gasteiger partial charge in [-0.3, -0.25) is 0 Å². The van der Waals surface area contributed by atoms with Crippen LogP contribution in [0.5, 0.6) is 0 Å². The van der Waals surface area contributed by atoms with Crippen LogP contribution in [0, 0.1) is 5.82 Å². The summed E-state index contributed by atoms with van der Waals surface area (Å²) >= 11 is 5.90. The molecule has 0 aliphatic rings. The third-order valence-corrected chi connectivity index (χ3v) is 3.05. The summed E-state index contributed by atoms with van der Waals surface area (Å²) in [6, 6.07) is 12.2. The fraction of sp³-hybridized carbons (Fsp3) is 0.0714. The maximum absolute atomic E-state index is 12.8. The van der Waals surface area contributed by atoms with Gasteiger partial charge in [-0.05, 0) is 35.9 Å². The van der Waals surface area contributed by atoms with Gasteiger partial charge in [0.25, 0.3) is 0 Å². The molecular formula is C14H10ClFN2. The van der Waals surface area contributed by atoms with Crippen molar-refractivity contribution in [1.82, 2.24) is 9.55 Å². The van der Waals surface area contributed by atoms with Gasteiger partial charge in [-0.2, -0.15) is 0 Å². The van der Waals surface area contributed by atoms with Gasteiger partial charge < -0.3 is 4.57 Å². The van der Waals surface area contributed by atoms with Crippen LogP contribution in [-0.2, 0) is 6.54 Å². The van der Waals surface area contributed by atoms with Crippen molar-refractivity contribution in [2.24, 2.45) is 0 Å². The van der Waals surface area contributed by atoms with E-state index in [9.17, 15) is 4.39 Å². The van der Waals surface area contributed by atoms with Gasteiger partial charge >= 0.3 is 0 Å². The van der Waals surface area contributed by atoms with Gasteiger partial charge in [-0.15, -0.1) is 0 Å². The molecule has 0 bridgehead atoms. The van der Waals surface area contributed by atoms with Crippen LogP contribution in [0.1, 0.15) is 5.56 Å². The Balaban J connectivity index is 1.99. The minimum Gasteiger partial charge on any atom is -0.328 e. The summed E-state index contributed by atoms with van der Waals surface area (Å²) in [5.41, 5.74) is 1.86. The number of hydrogen-bond donors (Lipinski definition) is 0. The van der Waals surface area contributed by atoms with Crippen LogP contribution in [0.15, 0.2) is 48.7 Å². The zero-order valence-corrected chi connectivity index (χ0v) is 10.2. The first kappa shape index (κ1) is 11.2. The topological polar surface area (TPSA) is 17.8 Å². The molecule has 4 heteroatoms. The molecule has 1 aromatic carbocycles. The van der Waals surface area contributed by atoms with E-state index in [0.29, 0.717) is 11.7 Å². The molecular weight excluding hydrogens is 251 g/mol. The number of pyridine rings is 1. The number of halogens is 2. The zero-order valence-electron chi connectivity index (χ0n) is 9.48. The zero-order chi connectivity index (χ0) is 12.5. The molecule has 2 aromatic heterocycles. The van der Waals surface area contributed by atoms with E-state index in [-0.39, 0.29) is 5.82 Å². The third-order valence-electron chi connectivity index (χ3n) is 2.84. The monoisotopic (exact) mass is 260 g/mol. The lowest BCUT2D eigenvalue weighted by atomic mass is 10.2. The SMILES string of the molecule is Fc1ccc(Cn2ccc3ccc(Cl)nc32)cc1. The van der Waals surface area contributed by atoms with Gasteiger partial charge in [0.2, 0.25) is 0 Å². The summed E-state index contributed by atoms with van der Waals surface area (Å²) < 4.78 is 14.8. The molecule has 0 amide bonds. The van der Waals surface area contributed by atoms with Gasteiger partial charge in [0.1, 0.15) is 16.6 Å². The van der Waals surface area contributed by atoms with E-state index >= 15 is 0 Å². The number of benzene rings is 1. The third kappa shape index (κ3) is 2.09. The smallest absolute Gasteiger partial charge is 0.141 e. The summed E-state index contributed by atoms with van der Waals surface area (Å²) in [5.74, 6) is -0.225. The molecule has 18 heavy (non-hydrogen) atoms. The molecule has 0 aliphatic heterocycles. The summed E-state index contributed by atoms with van der Waals surface area (Å²) in [5, 5.41) is 1.52. The molecule has 0 saturated heterocycles. The van der Waals surface area contributed by atoms with E-state index < -0.39 is 0 Å². The Morgan fingerprint density at radius 2 is 1.83 bits per heavy atom. The first-order valence-corrected chi connectivity index (χ1v) is 5.96. The van der Waals surface area contributed by atoms with Crippen molar-refractivity contribution in [3.05, 3.63) is 65.2 Å². The number of rotatable bonds is 2. The lowest BCUT2D eigenvalue weighted by Gasteiger charge is -2.05. The average molecular weight is 261 g/mol. The van der Waals surface area contributed by atoms with Crippen molar-refractivity contribution in [2.75, 3.05) is 0 Å². The van der Waals surface area contributed by atoms with Crippen LogP contribution in [0.3, 0.4) is 0 Å². The molecule has 0 unspecified atom stereocenters. The molecule has 0 fully saturated rings. The normalized spacial score (nSPS) is 11.0. The van der Waals surface area contributed by atoms with E-state index in [0.717, 1.165) is 16.6 Å². The second-order valence-electron chi connectivity index (χ2n) is 4.12. The molecule has 2 heterocycles. The fourth-order valence-electron chi connectivity index (χ4n) is 1.95. The van der Waals surface area contributed by atoms with E-state index in [1.807, 2.05) is 22.9 Å². The molecule has 0 N–H and O–H groups in total. The van der Waals surface area contributed by atoms with Crippen LogP contribution >= 0.6 is 11.6 Å². The van der Waals surface area contributed by atoms with Crippen molar-refractivity contribution in [1.29, 1.82) is 0 Å². The number of hydrogen-bond acceptors (Lipinski definition) is 1. The Labute approximate surface area is 109 Å². The predicted octanol–water partition coefficient (Wildman–Crippen LogP) is 3.88. The first-order chi connectivity index (χ1) is 8.72. The van der Waals surface area contributed by atoms with Gasteiger partial charge in [-0.25, -0.2) is 9.37 Å². The van der Waals surface area contributed by atoms with E-state index in [2.05, 4.69) is 4.98 Å². The average Bonchev–Trinajstić information content (AvgIpc) is 2.75. The summed E-state index contributed by atoms with van der Waals surface area (Å²) in [6.45, 7) is 0.650. The van der Waals surface area contributed by atoms with Gasteiger partial charge in [-0.1, -0.05) is 23.7 Å². The molecule has 90 valence electrons. The highest BCUT2D eigenvalue weighted by atomic mass is 35.5. The Kier molecular flexibility index (Phi) is 2.76. The summed E-state index contributed by atoms with van der Waals surface area (Å²) in [6.07, 6.45) is 1.96. The number of aromatic nitrogens is 2. The van der Waals surface area contributed by atoms with Gasteiger partial charge in [0.05, 0.1) is 0 Å². The maximum atomic E-state index is 12.8.